The first kappa shape index (κ1) is 18.2. The van der Waals surface area contributed by atoms with Crippen molar-refractivity contribution >= 4 is 23.4 Å². The maximum absolute atomic E-state index is 12.7. The van der Waals surface area contributed by atoms with Crippen LogP contribution in [0.4, 0.5) is 0 Å². The number of likely N-dealkylation sites (tertiary alicyclic amines) is 1. The lowest BCUT2D eigenvalue weighted by atomic mass is 10.0. The highest BCUT2D eigenvalue weighted by molar-refractivity contribution is 6.30. The number of nitrogens with one attached hydrogen (secondary N) is 1. The molecule has 6 heteroatoms. The largest absolute Gasteiger partial charge is 0.350 e. The molecule has 136 valence electrons. The van der Waals surface area contributed by atoms with Crippen LogP contribution in [0.3, 0.4) is 0 Å². The summed E-state index contributed by atoms with van der Waals surface area (Å²) in [5.74, 6) is -0.117. The van der Waals surface area contributed by atoms with Gasteiger partial charge in [0.1, 0.15) is 0 Å². The molecule has 2 aliphatic rings. The van der Waals surface area contributed by atoms with Gasteiger partial charge in [0, 0.05) is 36.6 Å². The fraction of sp³-hybridized carbons (Fsp3) is 0.579. The van der Waals surface area contributed by atoms with Crippen LogP contribution < -0.4 is 5.32 Å². The summed E-state index contributed by atoms with van der Waals surface area (Å²) in [4.78, 5) is 28.6. The first-order valence-corrected chi connectivity index (χ1v) is 9.24. The molecule has 3 rings (SSSR count). The van der Waals surface area contributed by atoms with Crippen molar-refractivity contribution in [3.05, 3.63) is 34.9 Å². The molecule has 1 atom stereocenters. The fourth-order valence-electron chi connectivity index (χ4n) is 3.34. The number of nitrogens with zero attached hydrogens (tertiary/aromatic N) is 2. The number of hydrogen-bond acceptors (Lipinski definition) is 3. The topological polar surface area (TPSA) is 52.6 Å². The molecule has 25 heavy (non-hydrogen) atoms. The van der Waals surface area contributed by atoms with E-state index >= 15 is 0 Å². The van der Waals surface area contributed by atoms with Gasteiger partial charge in [-0.2, -0.15) is 0 Å². The quantitative estimate of drug-likeness (QED) is 0.805. The summed E-state index contributed by atoms with van der Waals surface area (Å²) in [6.07, 6.45) is 3.13. The maximum Gasteiger partial charge on any atom is 0.225 e. The van der Waals surface area contributed by atoms with E-state index in [9.17, 15) is 9.59 Å². The molecular formula is C19H26ClN3O2. The molecule has 1 N–H and O–H groups in total. The SMILES string of the molecule is CN(C)CCN1CC(C(=O)NC2(Cc3ccc(Cl)cc3)CC2)CC1=O. The third-order valence-electron chi connectivity index (χ3n) is 5.10. The highest BCUT2D eigenvalue weighted by Gasteiger charge is 2.46. The highest BCUT2D eigenvalue weighted by atomic mass is 35.5. The number of carbonyl (C=O) groups excluding carboxylic acids is 2. The molecule has 0 radical (unpaired) electrons. The smallest absolute Gasteiger partial charge is 0.225 e. The van der Waals surface area contributed by atoms with Crippen molar-refractivity contribution in [2.24, 2.45) is 5.92 Å². The van der Waals surface area contributed by atoms with Crippen molar-refractivity contribution in [3.8, 4) is 0 Å². The van der Waals surface area contributed by atoms with Gasteiger partial charge in [-0.15, -0.1) is 0 Å². The minimum absolute atomic E-state index is 0.0205. The Morgan fingerprint density at radius 1 is 1.32 bits per heavy atom. The number of carbonyl (C=O) groups is 2. The van der Waals surface area contributed by atoms with Crippen molar-refractivity contribution in [2.45, 2.75) is 31.2 Å². The summed E-state index contributed by atoms with van der Waals surface area (Å²) in [5, 5.41) is 3.94. The van der Waals surface area contributed by atoms with Crippen LogP contribution in [0.25, 0.3) is 0 Å². The van der Waals surface area contributed by atoms with Crippen molar-refractivity contribution in [1.29, 1.82) is 0 Å². The van der Waals surface area contributed by atoms with Crippen molar-refractivity contribution in [1.82, 2.24) is 15.1 Å². The normalized spacial score (nSPS) is 21.7. The van der Waals surface area contributed by atoms with Gasteiger partial charge in [-0.3, -0.25) is 9.59 Å². The Morgan fingerprint density at radius 3 is 2.60 bits per heavy atom. The van der Waals surface area contributed by atoms with Gasteiger partial charge < -0.3 is 15.1 Å². The van der Waals surface area contributed by atoms with Gasteiger partial charge in [0.2, 0.25) is 11.8 Å². The standard InChI is InChI=1S/C19H26ClN3O2/c1-22(2)9-10-23-13-15(11-17(23)24)18(25)21-19(7-8-19)12-14-3-5-16(20)6-4-14/h3-6,15H,7-13H2,1-2H3,(H,21,25). The summed E-state index contributed by atoms with van der Waals surface area (Å²) < 4.78 is 0. The summed E-state index contributed by atoms with van der Waals surface area (Å²) in [7, 11) is 3.97. The second-order valence-electron chi connectivity index (χ2n) is 7.62. The van der Waals surface area contributed by atoms with E-state index in [2.05, 4.69) is 5.32 Å². The molecule has 1 unspecified atom stereocenters. The Balaban J connectivity index is 1.53. The lowest BCUT2D eigenvalue weighted by molar-refractivity contribution is -0.129. The number of halogens is 1. The number of amides is 2. The minimum Gasteiger partial charge on any atom is -0.350 e. The molecule has 0 bridgehead atoms. The van der Waals surface area contributed by atoms with E-state index in [1.165, 1.54) is 5.56 Å². The van der Waals surface area contributed by atoms with E-state index < -0.39 is 0 Å². The van der Waals surface area contributed by atoms with E-state index in [0.717, 1.165) is 30.8 Å². The van der Waals surface area contributed by atoms with Gasteiger partial charge in [-0.25, -0.2) is 0 Å². The van der Waals surface area contributed by atoms with Crippen molar-refractivity contribution < 1.29 is 9.59 Å². The number of hydrogen-bond donors (Lipinski definition) is 1. The van der Waals surface area contributed by atoms with Crippen LogP contribution in [0, 0.1) is 5.92 Å². The van der Waals surface area contributed by atoms with E-state index in [1.807, 2.05) is 48.2 Å². The Kier molecular flexibility index (Phi) is 5.35. The Morgan fingerprint density at radius 2 is 2.00 bits per heavy atom. The molecule has 1 saturated heterocycles. The third-order valence-corrected chi connectivity index (χ3v) is 5.35. The van der Waals surface area contributed by atoms with Crippen LogP contribution in [-0.2, 0) is 16.0 Å². The summed E-state index contributed by atoms with van der Waals surface area (Å²) in [6.45, 7) is 2.04. The second-order valence-corrected chi connectivity index (χ2v) is 8.05. The van der Waals surface area contributed by atoms with Crippen LogP contribution >= 0.6 is 11.6 Å². The van der Waals surface area contributed by atoms with E-state index in [0.29, 0.717) is 19.5 Å². The molecule has 1 saturated carbocycles. The van der Waals surface area contributed by atoms with Gasteiger partial charge in [0.15, 0.2) is 0 Å². The molecule has 0 spiro atoms. The van der Waals surface area contributed by atoms with E-state index in [-0.39, 0.29) is 23.3 Å². The second kappa shape index (κ2) is 7.34. The third kappa shape index (κ3) is 4.73. The van der Waals surface area contributed by atoms with Gasteiger partial charge in [0.25, 0.3) is 0 Å². The zero-order valence-corrected chi connectivity index (χ0v) is 15.7. The van der Waals surface area contributed by atoms with Gasteiger partial charge in [-0.05, 0) is 51.1 Å². The fourth-order valence-corrected chi connectivity index (χ4v) is 3.46. The maximum atomic E-state index is 12.7. The molecule has 2 fully saturated rings. The van der Waals surface area contributed by atoms with Crippen LogP contribution in [0.2, 0.25) is 5.02 Å². The Labute approximate surface area is 154 Å². The van der Waals surface area contributed by atoms with Gasteiger partial charge in [0.05, 0.1) is 5.92 Å². The van der Waals surface area contributed by atoms with Gasteiger partial charge >= 0.3 is 0 Å². The van der Waals surface area contributed by atoms with E-state index in [4.69, 9.17) is 11.6 Å². The number of benzene rings is 1. The molecular weight excluding hydrogens is 338 g/mol. The predicted octanol–water partition coefficient (Wildman–Crippen LogP) is 1.94. The number of likely N-dealkylation sites (N-methyl/N-ethyl adjacent to an activating group) is 1. The Hall–Kier alpha value is -1.59. The van der Waals surface area contributed by atoms with Crippen LogP contribution in [-0.4, -0.2) is 60.9 Å². The predicted molar refractivity (Wildman–Crippen MR) is 98.5 cm³/mol. The minimum atomic E-state index is -0.225. The lowest BCUT2D eigenvalue weighted by Gasteiger charge is -2.21. The van der Waals surface area contributed by atoms with Crippen LogP contribution in [0.15, 0.2) is 24.3 Å². The molecule has 5 nitrogen and oxygen atoms in total. The highest BCUT2D eigenvalue weighted by Crippen LogP contribution is 2.39. The molecule has 2 amide bonds. The monoisotopic (exact) mass is 363 g/mol. The van der Waals surface area contributed by atoms with Crippen molar-refractivity contribution in [3.63, 3.8) is 0 Å². The zero-order chi connectivity index (χ0) is 18.0. The molecule has 1 heterocycles. The zero-order valence-electron chi connectivity index (χ0n) is 14.9. The van der Waals surface area contributed by atoms with Crippen LogP contribution in [0.5, 0.6) is 0 Å². The summed E-state index contributed by atoms with van der Waals surface area (Å²) in [6, 6.07) is 7.79. The molecule has 1 aromatic carbocycles. The van der Waals surface area contributed by atoms with Crippen molar-refractivity contribution in [2.75, 3.05) is 33.7 Å². The summed E-state index contributed by atoms with van der Waals surface area (Å²) in [5.41, 5.74) is 1.04. The first-order valence-electron chi connectivity index (χ1n) is 8.86. The molecule has 0 aromatic heterocycles. The first-order chi connectivity index (χ1) is 11.9. The average molecular weight is 364 g/mol. The van der Waals surface area contributed by atoms with E-state index in [1.54, 1.807) is 0 Å². The average Bonchev–Trinajstić information content (AvgIpc) is 3.20. The van der Waals surface area contributed by atoms with Crippen LogP contribution in [0.1, 0.15) is 24.8 Å². The van der Waals surface area contributed by atoms with Gasteiger partial charge in [-0.1, -0.05) is 23.7 Å². The lowest BCUT2D eigenvalue weighted by Crippen LogP contribution is -2.43. The summed E-state index contributed by atoms with van der Waals surface area (Å²) >= 11 is 5.93. The molecule has 1 aliphatic heterocycles. The Bertz CT molecular complexity index is 641. The molecule has 1 aliphatic carbocycles. The number of rotatable bonds is 7. The molecule has 1 aromatic rings.